The molecule has 0 saturated carbocycles. The summed E-state index contributed by atoms with van der Waals surface area (Å²) in [6.07, 6.45) is 2.13. The third kappa shape index (κ3) is 5.43. The Morgan fingerprint density at radius 1 is 1.78 bits per heavy atom. The first-order valence-corrected chi connectivity index (χ1v) is 3.43. The van der Waals surface area contributed by atoms with E-state index in [1.165, 1.54) is 0 Å². The molecule has 1 N–H and O–H groups in total. The van der Waals surface area contributed by atoms with Gasteiger partial charge in [0.2, 0.25) is 5.91 Å². The lowest BCUT2D eigenvalue weighted by atomic mass is 10.4. The topological polar surface area (TPSA) is 29.1 Å². The second kappa shape index (κ2) is 5.69. The minimum Gasteiger partial charge on any atom is -0.353 e. The number of amides is 1. The van der Waals surface area contributed by atoms with Crippen molar-refractivity contribution in [3.05, 3.63) is 12.7 Å². The van der Waals surface area contributed by atoms with Crippen molar-refractivity contribution in [1.29, 1.82) is 0 Å². The van der Waals surface area contributed by atoms with Crippen molar-refractivity contribution in [2.45, 2.75) is 6.42 Å². The van der Waals surface area contributed by atoms with Crippen molar-refractivity contribution in [3.8, 4) is 0 Å². The molecule has 0 aromatic rings. The predicted octanol–water partition coefficient (Wildman–Crippen LogP) is 0.609. The zero-order chi connectivity index (χ0) is 7.11. The summed E-state index contributed by atoms with van der Waals surface area (Å²) >= 11 is 3.90. The molecule has 0 atom stereocenters. The van der Waals surface area contributed by atoms with Gasteiger partial charge in [-0.1, -0.05) is 6.08 Å². The smallest absolute Gasteiger partial charge is 0.221 e. The molecule has 0 aromatic carbocycles. The molecule has 52 valence electrons. The van der Waals surface area contributed by atoms with Crippen molar-refractivity contribution >= 4 is 18.5 Å². The molecule has 0 fully saturated rings. The van der Waals surface area contributed by atoms with Crippen molar-refractivity contribution in [1.82, 2.24) is 5.32 Å². The van der Waals surface area contributed by atoms with Crippen molar-refractivity contribution in [2.24, 2.45) is 0 Å². The summed E-state index contributed by atoms with van der Waals surface area (Å²) in [4.78, 5) is 10.6. The van der Waals surface area contributed by atoms with Crippen LogP contribution in [0.3, 0.4) is 0 Å². The van der Waals surface area contributed by atoms with Crippen LogP contribution in [0, 0.1) is 0 Å². The molecule has 0 rings (SSSR count). The number of carbonyl (C=O) groups excluding carboxylic acids is 1. The monoisotopic (exact) mass is 145 g/mol. The standard InChI is InChI=1S/C6H11NOS/c1-2-4-7-6(8)3-5-9/h2,9H,1,3-5H2,(H,7,8). The van der Waals surface area contributed by atoms with Gasteiger partial charge in [-0.2, -0.15) is 12.6 Å². The van der Waals surface area contributed by atoms with Gasteiger partial charge in [0, 0.05) is 13.0 Å². The number of carbonyl (C=O) groups is 1. The van der Waals surface area contributed by atoms with Gasteiger partial charge >= 0.3 is 0 Å². The summed E-state index contributed by atoms with van der Waals surface area (Å²) < 4.78 is 0. The van der Waals surface area contributed by atoms with E-state index in [9.17, 15) is 4.79 Å². The van der Waals surface area contributed by atoms with Crippen LogP contribution in [0.5, 0.6) is 0 Å². The summed E-state index contributed by atoms with van der Waals surface area (Å²) in [7, 11) is 0. The van der Waals surface area contributed by atoms with E-state index >= 15 is 0 Å². The van der Waals surface area contributed by atoms with E-state index in [0.29, 0.717) is 18.7 Å². The summed E-state index contributed by atoms with van der Waals surface area (Å²) in [6, 6.07) is 0. The van der Waals surface area contributed by atoms with E-state index in [4.69, 9.17) is 0 Å². The Labute approximate surface area is 60.7 Å². The van der Waals surface area contributed by atoms with E-state index in [2.05, 4.69) is 24.5 Å². The molecule has 2 nitrogen and oxygen atoms in total. The number of nitrogens with one attached hydrogen (secondary N) is 1. The van der Waals surface area contributed by atoms with Gasteiger partial charge in [0.05, 0.1) is 0 Å². The lowest BCUT2D eigenvalue weighted by Gasteiger charge is -1.97. The van der Waals surface area contributed by atoms with Gasteiger partial charge in [-0.3, -0.25) is 4.79 Å². The highest BCUT2D eigenvalue weighted by Gasteiger charge is 1.93. The molecule has 9 heavy (non-hydrogen) atoms. The van der Waals surface area contributed by atoms with Crippen LogP contribution >= 0.6 is 12.6 Å². The zero-order valence-corrected chi connectivity index (χ0v) is 6.16. The Balaban J connectivity index is 3.16. The minimum absolute atomic E-state index is 0.0323. The first-order valence-electron chi connectivity index (χ1n) is 2.79. The number of thiol groups is 1. The van der Waals surface area contributed by atoms with Crippen LogP contribution in [0.4, 0.5) is 0 Å². The molecule has 0 heterocycles. The van der Waals surface area contributed by atoms with Crippen LogP contribution in [0.25, 0.3) is 0 Å². The van der Waals surface area contributed by atoms with E-state index in [1.807, 2.05) is 0 Å². The van der Waals surface area contributed by atoms with Crippen LogP contribution in [0.1, 0.15) is 6.42 Å². The van der Waals surface area contributed by atoms with Gasteiger partial charge in [0.25, 0.3) is 0 Å². The Morgan fingerprint density at radius 2 is 2.44 bits per heavy atom. The molecule has 0 aliphatic rings. The van der Waals surface area contributed by atoms with Gasteiger partial charge in [-0.15, -0.1) is 6.58 Å². The van der Waals surface area contributed by atoms with Crippen LogP contribution < -0.4 is 5.32 Å². The number of rotatable bonds is 4. The van der Waals surface area contributed by atoms with Gasteiger partial charge in [-0.25, -0.2) is 0 Å². The van der Waals surface area contributed by atoms with Crippen LogP contribution in [0.15, 0.2) is 12.7 Å². The average Bonchev–Trinajstić information content (AvgIpc) is 1.85. The first kappa shape index (κ1) is 8.56. The van der Waals surface area contributed by atoms with Crippen LogP contribution in [-0.4, -0.2) is 18.2 Å². The summed E-state index contributed by atoms with van der Waals surface area (Å²) in [5, 5.41) is 2.63. The Morgan fingerprint density at radius 3 is 2.89 bits per heavy atom. The zero-order valence-electron chi connectivity index (χ0n) is 5.26. The highest BCUT2D eigenvalue weighted by atomic mass is 32.1. The maximum absolute atomic E-state index is 10.6. The molecule has 0 saturated heterocycles. The molecule has 0 spiro atoms. The molecular weight excluding hydrogens is 134 g/mol. The number of hydrogen-bond acceptors (Lipinski definition) is 2. The molecule has 0 radical (unpaired) electrons. The van der Waals surface area contributed by atoms with E-state index in [-0.39, 0.29) is 5.91 Å². The maximum Gasteiger partial charge on any atom is 0.221 e. The summed E-state index contributed by atoms with van der Waals surface area (Å²) in [6.45, 7) is 4.01. The van der Waals surface area contributed by atoms with Crippen molar-refractivity contribution < 1.29 is 4.79 Å². The van der Waals surface area contributed by atoms with Crippen molar-refractivity contribution in [2.75, 3.05) is 12.3 Å². The molecule has 1 amide bonds. The molecular formula is C6H11NOS. The van der Waals surface area contributed by atoms with Crippen LogP contribution in [0.2, 0.25) is 0 Å². The first-order chi connectivity index (χ1) is 4.31. The van der Waals surface area contributed by atoms with E-state index < -0.39 is 0 Å². The Hall–Kier alpha value is -0.440. The Bertz CT molecular complexity index is 103. The SMILES string of the molecule is C=CCNC(=O)CCS. The van der Waals surface area contributed by atoms with E-state index in [0.717, 1.165) is 0 Å². The largest absolute Gasteiger partial charge is 0.353 e. The lowest BCUT2D eigenvalue weighted by Crippen LogP contribution is -2.22. The average molecular weight is 145 g/mol. The highest BCUT2D eigenvalue weighted by molar-refractivity contribution is 7.80. The highest BCUT2D eigenvalue weighted by Crippen LogP contribution is 1.81. The summed E-state index contributed by atoms with van der Waals surface area (Å²) in [5.74, 6) is 0.632. The van der Waals surface area contributed by atoms with Gasteiger partial charge in [0.15, 0.2) is 0 Å². The third-order valence-electron chi connectivity index (χ3n) is 0.782. The fraction of sp³-hybridized carbons (Fsp3) is 0.500. The van der Waals surface area contributed by atoms with E-state index in [1.54, 1.807) is 6.08 Å². The fourth-order valence-electron chi connectivity index (χ4n) is 0.376. The minimum atomic E-state index is 0.0323. The Kier molecular flexibility index (Phi) is 5.41. The molecule has 0 aliphatic carbocycles. The third-order valence-corrected chi connectivity index (χ3v) is 1.01. The van der Waals surface area contributed by atoms with Gasteiger partial charge < -0.3 is 5.32 Å². The van der Waals surface area contributed by atoms with Gasteiger partial charge in [-0.05, 0) is 5.75 Å². The molecule has 0 bridgehead atoms. The summed E-state index contributed by atoms with van der Waals surface area (Å²) in [5.41, 5.74) is 0. The lowest BCUT2D eigenvalue weighted by molar-refractivity contribution is -0.120. The number of hydrogen-bond donors (Lipinski definition) is 2. The molecule has 0 aliphatic heterocycles. The maximum atomic E-state index is 10.6. The molecule has 3 heteroatoms. The molecule has 0 aromatic heterocycles. The second-order valence-corrected chi connectivity index (χ2v) is 2.01. The van der Waals surface area contributed by atoms with Gasteiger partial charge in [0.1, 0.15) is 0 Å². The van der Waals surface area contributed by atoms with Crippen LogP contribution in [-0.2, 0) is 4.79 Å². The normalized spacial score (nSPS) is 8.56. The predicted molar refractivity (Wildman–Crippen MR) is 41.7 cm³/mol. The van der Waals surface area contributed by atoms with Crippen molar-refractivity contribution in [3.63, 3.8) is 0 Å². The second-order valence-electron chi connectivity index (χ2n) is 1.57. The quantitative estimate of drug-likeness (QED) is 0.440. The molecule has 0 unspecified atom stereocenters. The fourth-order valence-corrected chi connectivity index (χ4v) is 0.579.